The Hall–Kier alpha value is -3.03. The quantitative estimate of drug-likeness (QED) is 0.206. The minimum absolute atomic E-state index is 0.113. The highest BCUT2D eigenvalue weighted by Gasteiger charge is 2.52. The lowest BCUT2D eigenvalue weighted by Crippen LogP contribution is -2.45. The van der Waals surface area contributed by atoms with Crippen LogP contribution in [0.1, 0.15) is 115 Å². The van der Waals surface area contributed by atoms with E-state index in [-0.39, 0.29) is 24.2 Å². The third-order valence-electron chi connectivity index (χ3n) is 9.67. The zero-order valence-corrected chi connectivity index (χ0v) is 25.1. The average molecular weight is 580 g/mol. The Morgan fingerprint density at radius 1 is 1.17 bits per heavy atom. The number of carbonyl (C=O) groups excluding carboxylic acids is 2. The van der Waals surface area contributed by atoms with Crippen LogP contribution in [0.25, 0.3) is 11.2 Å². The van der Waals surface area contributed by atoms with Crippen molar-refractivity contribution in [2.24, 2.45) is 11.3 Å². The van der Waals surface area contributed by atoms with Crippen molar-refractivity contribution >= 4 is 28.9 Å². The SMILES string of the molecule is C#C[C@]1(CO)O[C@@H](n2cnc3c(NC(=O)CCCCCCC)nc(C)nc32)C[C@@H]1OC(=O)C1CCC2(CCCC2)CC1. The molecule has 2 aromatic heterocycles. The summed E-state index contributed by atoms with van der Waals surface area (Å²) in [5.41, 5.74) is -0.158. The number of aromatic nitrogens is 4. The van der Waals surface area contributed by atoms with Crippen LogP contribution < -0.4 is 5.32 Å². The molecule has 3 atom stereocenters. The van der Waals surface area contributed by atoms with Gasteiger partial charge in [0.15, 0.2) is 22.6 Å². The molecule has 228 valence electrons. The third-order valence-corrected chi connectivity index (χ3v) is 9.67. The number of anilines is 1. The number of aliphatic hydroxyl groups excluding tert-OH is 1. The fraction of sp³-hybridized carbons (Fsp3) is 0.719. The molecule has 10 heteroatoms. The van der Waals surface area contributed by atoms with Crippen LogP contribution in [0.4, 0.5) is 5.82 Å². The Bertz CT molecular complexity index is 1300. The van der Waals surface area contributed by atoms with Gasteiger partial charge < -0.3 is 19.9 Å². The van der Waals surface area contributed by atoms with Crippen molar-refractivity contribution < 1.29 is 24.2 Å². The molecule has 1 aliphatic heterocycles. The average Bonchev–Trinajstić information content (AvgIpc) is 3.71. The van der Waals surface area contributed by atoms with E-state index in [2.05, 4.69) is 33.1 Å². The van der Waals surface area contributed by atoms with E-state index in [0.717, 1.165) is 51.4 Å². The van der Waals surface area contributed by atoms with Crippen molar-refractivity contribution in [2.45, 2.75) is 128 Å². The number of unbranched alkanes of at least 4 members (excludes halogenated alkanes) is 4. The first-order valence-electron chi connectivity index (χ1n) is 15.8. The van der Waals surface area contributed by atoms with E-state index >= 15 is 0 Å². The van der Waals surface area contributed by atoms with E-state index in [1.807, 2.05) is 0 Å². The van der Waals surface area contributed by atoms with Gasteiger partial charge in [-0.1, -0.05) is 51.4 Å². The molecule has 2 saturated carbocycles. The molecular weight excluding hydrogens is 534 g/mol. The standard InChI is InChI=1S/C32H45N5O5/c1-4-6-7-8-9-12-25(39)36-28-27-29(35-22(3)34-28)37(21-33-27)26-19-24(32(5-2,20-38)42-26)41-30(40)23-13-17-31(18-14-23)15-10-11-16-31/h2,21,23-24,26,38H,4,6-20H2,1,3H3,(H,34,35,36,39)/t24-,26+,32+/m0/s1. The lowest BCUT2D eigenvalue weighted by atomic mass is 9.69. The number of hydrogen-bond donors (Lipinski definition) is 2. The number of imidazole rings is 1. The predicted molar refractivity (Wildman–Crippen MR) is 158 cm³/mol. The van der Waals surface area contributed by atoms with Gasteiger partial charge in [0.1, 0.15) is 18.2 Å². The van der Waals surface area contributed by atoms with Crippen molar-refractivity contribution in [1.82, 2.24) is 19.5 Å². The fourth-order valence-corrected chi connectivity index (χ4v) is 7.10. The van der Waals surface area contributed by atoms with Crippen molar-refractivity contribution in [2.75, 3.05) is 11.9 Å². The van der Waals surface area contributed by atoms with E-state index in [4.69, 9.17) is 15.9 Å². The summed E-state index contributed by atoms with van der Waals surface area (Å²) in [4.78, 5) is 39.4. The number of carbonyl (C=O) groups is 2. The summed E-state index contributed by atoms with van der Waals surface area (Å²) in [5, 5.41) is 13.2. The maximum atomic E-state index is 13.3. The lowest BCUT2D eigenvalue weighted by Gasteiger charge is -2.37. The molecule has 2 aliphatic carbocycles. The first-order chi connectivity index (χ1) is 20.3. The van der Waals surface area contributed by atoms with Crippen LogP contribution >= 0.6 is 0 Å². The number of nitrogens with zero attached hydrogens (tertiary/aromatic N) is 4. The molecule has 1 saturated heterocycles. The molecule has 0 aromatic carbocycles. The highest BCUT2D eigenvalue weighted by molar-refractivity contribution is 5.96. The molecule has 3 fully saturated rings. The van der Waals surface area contributed by atoms with Crippen LogP contribution in [-0.2, 0) is 19.1 Å². The van der Waals surface area contributed by atoms with Gasteiger partial charge in [0.25, 0.3) is 0 Å². The normalized spacial score (nSPS) is 25.6. The second kappa shape index (κ2) is 13.1. The second-order valence-electron chi connectivity index (χ2n) is 12.6. The summed E-state index contributed by atoms with van der Waals surface area (Å²) in [6, 6.07) is 0. The maximum absolute atomic E-state index is 13.3. The van der Waals surface area contributed by atoms with Gasteiger partial charge in [-0.05, 0) is 57.3 Å². The highest BCUT2D eigenvalue weighted by atomic mass is 16.6. The van der Waals surface area contributed by atoms with Gasteiger partial charge in [0.05, 0.1) is 18.9 Å². The molecule has 10 nitrogen and oxygen atoms in total. The number of aliphatic hydroxyl groups is 1. The Labute approximate surface area is 248 Å². The van der Waals surface area contributed by atoms with Crippen molar-refractivity contribution in [3.8, 4) is 12.3 Å². The smallest absolute Gasteiger partial charge is 0.309 e. The molecule has 0 radical (unpaired) electrons. The van der Waals surface area contributed by atoms with Crippen molar-refractivity contribution in [3.63, 3.8) is 0 Å². The second-order valence-corrected chi connectivity index (χ2v) is 12.6. The van der Waals surface area contributed by atoms with Gasteiger partial charge in [0.2, 0.25) is 5.91 Å². The van der Waals surface area contributed by atoms with Crippen LogP contribution in [0.3, 0.4) is 0 Å². The summed E-state index contributed by atoms with van der Waals surface area (Å²) < 4.78 is 14.0. The molecule has 1 amide bonds. The van der Waals surface area contributed by atoms with Crippen molar-refractivity contribution in [3.05, 3.63) is 12.2 Å². The van der Waals surface area contributed by atoms with Gasteiger partial charge in [0, 0.05) is 12.8 Å². The third kappa shape index (κ3) is 6.32. The Morgan fingerprint density at radius 2 is 1.90 bits per heavy atom. The number of amides is 1. The summed E-state index contributed by atoms with van der Waals surface area (Å²) in [6.07, 6.45) is 20.8. The largest absolute Gasteiger partial charge is 0.458 e. The zero-order chi connectivity index (χ0) is 29.7. The summed E-state index contributed by atoms with van der Waals surface area (Å²) in [6.45, 7) is 3.42. The molecular formula is C32H45N5O5. The molecule has 3 aliphatic rings. The molecule has 42 heavy (non-hydrogen) atoms. The number of hydrogen-bond acceptors (Lipinski definition) is 8. The highest BCUT2D eigenvalue weighted by Crippen LogP contribution is 2.50. The monoisotopic (exact) mass is 579 g/mol. The van der Waals surface area contributed by atoms with E-state index in [9.17, 15) is 14.7 Å². The number of rotatable bonds is 11. The molecule has 2 N–H and O–H groups in total. The number of ether oxygens (including phenoxy) is 2. The van der Waals surface area contributed by atoms with Gasteiger partial charge in [-0.3, -0.25) is 14.2 Å². The molecule has 0 unspecified atom stereocenters. The molecule has 3 heterocycles. The number of fused-ring (bicyclic) bond motifs is 1. The number of terminal acetylenes is 1. The van der Waals surface area contributed by atoms with Crippen LogP contribution in [-0.4, -0.2) is 54.8 Å². The van der Waals surface area contributed by atoms with Gasteiger partial charge in [-0.2, -0.15) is 0 Å². The topological polar surface area (TPSA) is 128 Å². The van der Waals surface area contributed by atoms with Crippen molar-refractivity contribution in [1.29, 1.82) is 0 Å². The number of nitrogens with one attached hydrogen (secondary N) is 1. The Kier molecular flexibility index (Phi) is 9.48. The zero-order valence-electron chi connectivity index (χ0n) is 25.1. The predicted octanol–water partition coefficient (Wildman–Crippen LogP) is 5.38. The summed E-state index contributed by atoms with van der Waals surface area (Å²) in [7, 11) is 0. The van der Waals surface area contributed by atoms with Crippen LogP contribution in [0, 0.1) is 30.6 Å². The Balaban J connectivity index is 1.28. The van der Waals surface area contributed by atoms with Gasteiger partial charge in [-0.15, -0.1) is 6.42 Å². The van der Waals surface area contributed by atoms with Crippen LogP contribution in [0.2, 0.25) is 0 Å². The molecule has 1 spiro atoms. The van der Waals surface area contributed by atoms with Crippen LogP contribution in [0.5, 0.6) is 0 Å². The first kappa shape index (κ1) is 30.4. The van der Waals surface area contributed by atoms with E-state index in [0.29, 0.717) is 34.6 Å². The first-order valence-corrected chi connectivity index (χ1v) is 15.8. The van der Waals surface area contributed by atoms with E-state index in [1.165, 1.54) is 32.1 Å². The van der Waals surface area contributed by atoms with Gasteiger partial charge >= 0.3 is 5.97 Å². The number of aryl methyl sites for hydroxylation is 1. The maximum Gasteiger partial charge on any atom is 0.309 e. The molecule has 0 bridgehead atoms. The minimum atomic E-state index is -1.48. The fourth-order valence-electron chi connectivity index (χ4n) is 7.10. The molecule has 2 aromatic rings. The Morgan fingerprint density at radius 3 is 2.60 bits per heavy atom. The lowest BCUT2D eigenvalue weighted by molar-refractivity contribution is -0.165. The van der Waals surface area contributed by atoms with E-state index in [1.54, 1.807) is 17.8 Å². The summed E-state index contributed by atoms with van der Waals surface area (Å²) in [5.74, 6) is 2.84. The minimum Gasteiger partial charge on any atom is -0.458 e. The van der Waals surface area contributed by atoms with Gasteiger partial charge in [-0.25, -0.2) is 15.0 Å². The molecule has 5 rings (SSSR count). The summed E-state index contributed by atoms with van der Waals surface area (Å²) >= 11 is 0. The number of esters is 1. The van der Waals surface area contributed by atoms with Crippen LogP contribution in [0.15, 0.2) is 6.33 Å². The van der Waals surface area contributed by atoms with E-state index < -0.39 is 24.5 Å².